The monoisotopic (exact) mass is 125 g/mol. The van der Waals surface area contributed by atoms with E-state index in [1.54, 1.807) is 19.6 Å². The molecule has 0 saturated heterocycles. The molecule has 9 heavy (non-hydrogen) atoms. The van der Waals surface area contributed by atoms with Crippen LogP contribution in [0.25, 0.3) is 0 Å². The third-order valence-electron chi connectivity index (χ3n) is 0.747. The zero-order valence-corrected chi connectivity index (χ0v) is 5.79. The molecule has 0 atom stereocenters. The van der Waals surface area contributed by atoms with Crippen molar-refractivity contribution < 1.29 is 4.74 Å². The van der Waals surface area contributed by atoms with Gasteiger partial charge in [0.25, 0.3) is 0 Å². The Balaban J connectivity index is 3.74. The van der Waals surface area contributed by atoms with Gasteiger partial charge in [0.2, 0.25) is 0 Å². The summed E-state index contributed by atoms with van der Waals surface area (Å²) in [5, 5.41) is 0. The van der Waals surface area contributed by atoms with Crippen molar-refractivity contribution in [1.82, 2.24) is 0 Å². The van der Waals surface area contributed by atoms with E-state index in [2.05, 4.69) is 11.7 Å². The van der Waals surface area contributed by atoms with Crippen LogP contribution in [0.5, 0.6) is 0 Å². The van der Waals surface area contributed by atoms with Crippen LogP contribution in [0.4, 0.5) is 0 Å². The third kappa shape index (κ3) is 4.81. The number of nitrogens with zero attached hydrogens (tertiary/aromatic N) is 1. The number of rotatable bonds is 3. The highest BCUT2D eigenvalue weighted by atomic mass is 16.5. The molecular formula is C7H11NO. The minimum Gasteiger partial charge on any atom is -0.504 e. The first-order chi connectivity index (χ1) is 4.31. The highest BCUT2D eigenvalue weighted by Gasteiger charge is 1.76. The molecule has 0 N–H and O–H groups in total. The number of aliphatic imine (C=N–C) groups is 1. The van der Waals surface area contributed by atoms with Gasteiger partial charge in [0.1, 0.15) is 0 Å². The summed E-state index contributed by atoms with van der Waals surface area (Å²) in [6, 6.07) is 0. The van der Waals surface area contributed by atoms with Crippen molar-refractivity contribution in [3.8, 4) is 0 Å². The molecule has 0 aliphatic carbocycles. The maximum Gasteiger partial charge on any atom is 0.0854 e. The fourth-order valence-electron chi connectivity index (χ4n) is 0.395. The average molecular weight is 125 g/mol. The van der Waals surface area contributed by atoms with Gasteiger partial charge in [-0.2, -0.15) is 0 Å². The van der Waals surface area contributed by atoms with E-state index >= 15 is 0 Å². The van der Waals surface area contributed by atoms with Crippen LogP contribution in [0.2, 0.25) is 0 Å². The summed E-state index contributed by atoms with van der Waals surface area (Å²) >= 11 is 0. The molecule has 0 unspecified atom stereocenters. The minimum atomic E-state index is 1.02. The van der Waals surface area contributed by atoms with Crippen LogP contribution in [0.15, 0.2) is 29.1 Å². The largest absolute Gasteiger partial charge is 0.504 e. The van der Waals surface area contributed by atoms with Gasteiger partial charge in [-0.05, 0) is 25.3 Å². The van der Waals surface area contributed by atoms with E-state index in [1.165, 1.54) is 0 Å². The Bertz CT molecular complexity index is 136. The molecule has 0 saturated carbocycles. The predicted molar refractivity (Wildman–Crippen MR) is 39.5 cm³/mol. The summed E-state index contributed by atoms with van der Waals surface area (Å²) in [6.45, 7) is 5.21. The van der Waals surface area contributed by atoms with Gasteiger partial charge in [-0.3, -0.25) is 4.99 Å². The summed E-state index contributed by atoms with van der Waals surface area (Å²) in [7, 11) is 1.61. The van der Waals surface area contributed by atoms with Gasteiger partial charge in [-0.15, -0.1) is 0 Å². The maximum atomic E-state index is 4.73. The van der Waals surface area contributed by atoms with Crippen LogP contribution in [0.1, 0.15) is 6.92 Å². The average Bonchev–Trinajstić information content (AvgIpc) is 1.85. The first-order valence-corrected chi connectivity index (χ1v) is 2.63. The van der Waals surface area contributed by atoms with Crippen LogP contribution in [0.3, 0.4) is 0 Å². The molecule has 0 radical (unpaired) electrons. The lowest BCUT2D eigenvalue weighted by atomic mass is 10.3. The molecule has 2 nitrogen and oxygen atoms in total. The van der Waals surface area contributed by atoms with Crippen LogP contribution >= 0.6 is 0 Å². The standard InChI is InChI=1S/C7H11NO/c1-7(6-9-3)4-5-8-2/h4-6H,2H2,1,3H3/b5-4-,7-6-. The van der Waals surface area contributed by atoms with Gasteiger partial charge >= 0.3 is 0 Å². The van der Waals surface area contributed by atoms with Crippen LogP contribution in [-0.4, -0.2) is 13.8 Å². The Labute approximate surface area is 55.6 Å². The van der Waals surface area contributed by atoms with E-state index in [-0.39, 0.29) is 0 Å². The molecule has 0 aliphatic heterocycles. The molecule has 0 aromatic carbocycles. The third-order valence-corrected chi connectivity index (χ3v) is 0.747. The van der Waals surface area contributed by atoms with E-state index in [0.717, 1.165) is 5.57 Å². The molecule has 0 aromatic rings. The summed E-state index contributed by atoms with van der Waals surface area (Å²) in [4.78, 5) is 3.53. The van der Waals surface area contributed by atoms with E-state index < -0.39 is 0 Å². The summed E-state index contributed by atoms with van der Waals surface area (Å²) in [5.74, 6) is 0. The van der Waals surface area contributed by atoms with Crippen molar-refractivity contribution in [2.24, 2.45) is 4.99 Å². The zero-order valence-electron chi connectivity index (χ0n) is 5.79. The Kier molecular flexibility index (Phi) is 4.50. The lowest BCUT2D eigenvalue weighted by Gasteiger charge is -1.88. The smallest absolute Gasteiger partial charge is 0.0854 e. The van der Waals surface area contributed by atoms with Gasteiger partial charge in [0, 0.05) is 6.20 Å². The Morgan fingerprint density at radius 2 is 2.33 bits per heavy atom. The second kappa shape index (κ2) is 5.09. The fraction of sp³-hybridized carbons (Fsp3) is 0.286. The predicted octanol–water partition coefficient (Wildman–Crippen LogP) is 1.75. The Morgan fingerprint density at radius 3 is 2.78 bits per heavy atom. The number of allylic oxidation sites excluding steroid dienone is 2. The molecule has 0 rings (SSSR count). The number of hydrogen-bond acceptors (Lipinski definition) is 2. The molecule has 0 bridgehead atoms. The van der Waals surface area contributed by atoms with Gasteiger partial charge < -0.3 is 4.74 Å². The van der Waals surface area contributed by atoms with Crippen molar-refractivity contribution in [3.05, 3.63) is 24.1 Å². The van der Waals surface area contributed by atoms with Crippen molar-refractivity contribution in [1.29, 1.82) is 0 Å². The molecule has 0 heterocycles. The molecule has 0 spiro atoms. The highest BCUT2D eigenvalue weighted by Crippen LogP contribution is 1.93. The van der Waals surface area contributed by atoms with Crippen molar-refractivity contribution in [3.63, 3.8) is 0 Å². The second-order valence-corrected chi connectivity index (χ2v) is 1.60. The topological polar surface area (TPSA) is 21.6 Å². The van der Waals surface area contributed by atoms with Crippen LogP contribution < -0.4 is 0 Å². The van der Waals surface area contributed by atoms with E-state index in [1.807, 2.05) is 13.0 Å². The SMILES string of the molecule is C=N/C=C\C(C)=C/OC. The Hall–Kier alpha value is -1.05. The Morgan fingerprint density at radius 1 is 1.67 bits per heavy atom. The van der Waals surface area contributed by atoms with E-state index in [9.17, 15) is 0 Å². The molecule has 50 valence electrons. The van der Waals surface area contributed by atoms with Crippen molar-refractivity contribution in [2.75, 3.05) is 7.11 Å². The highest BCUT2D eigenvalue weighted by molar-refractivity contribution is 5.27. The first kappa shape index (κ1) is 7.95. The van der Waals surface area contributed by atoms with Gasteiger partial charge in [0.15, 0.2) is 0 Å². The zero-order chi connectivity index (χ0) is 7.11. The van der Waals surface area contributed by atoms with E-state index in [4.69, 9.17) is 4.74 Å². The van der Waals surface area contributed by atoms with Crippen LogP contribution in [-0.2, 0) is 4.74 Å². The normalized spacial score (nSPS) is 12.0. The molecule has 2 heteroatoms. The summed E-state index contributed by atoms with van der Waals surface area (Å²) in [6.07, 6.45) is 5.07. The molecule has 0 amide bonds. The number of hydrogen-bond donors (Lipinski definition) is 0. The summed E-state index contributed by atoms with van der Waals surface area (Å²) < 4.78 is 4.73. The minimum absolute atomic E-state index is 1.02. The van der Waals surface area contributed by atoms with Gasteiger partial charge in [0.05, 0.1) is 13.4 Å². The van der Waals surface area contributed by atoms with Gasteiger partial charge in [-0.1, -0.05) is 0 Å². The van der Waals surface area contributed by atoms with E-state index in [0.29, 0.717) is 0 Å². The number of ether oxygens (including phenoxy) is 1. The van der Waals surface area contributed by atoms with Gasteiger partial charge in [-0.25, -0.2) is 0 Å². The summed E-state index contributed by atoms with van der Waals surface area (Å²) in [5.41, 5.74) is 1.02. The lowest BCUT2D eigenvalue weighted by Crippen LogP contribution is -1.70. The van der Waals surface area contributed by atoms with Crippen molar-refractivity contribution >= 4 is 6.72 Å². The molecule has 0 aliphatic rings. The second-order valence-electron chi connectivity index (χ2n) is 1.60. The maximum absolute atomic E-state index is 4.73. The van der Waals surface area contributed by atoms with Crippen molar-refractivity contribution in [2.45, 2.75) is 6.92 Å². The molecule has 0 fully saturated rings. The number of methoxy groups -OCH3 is 1. The lowest BCUT2D eigenvalue weighted by molar-refractivity contribution is 0.335. The fourth-order valence-corrected chi connectivity index (χ4v) is 0.395. The van der Waals surface area contributed by atoms with Crippen LogP contribution in [0, 0.1) is 0 Å². The molecular weight excluding hydrogens is 114 g/mol. The molecule has 0 aromatic heterocycles. The quantitative estimate of drug-likeness (QED) is 0.320. The first-order valence-electron chi connectivity index (χ1n) is 2.63.